The van der Waals surface area contributed by atoms with Gasteiger partial charge in [0.05, 0.1) is 17.8 Å². The van der Waals surface area contributed by atoms with Gasteiger partial charge in [-0.25, -0.2) is 0 Å². The van der Waals surface area contributed by atoms with Crippen molar-refractivity contribution < 1.29 is 4.79 Å². The summed E-state index contributed by atoms with van der Waals surface area (Å²) in [5.74, 6) is -0.531. The number of nitrogens with zero attached hydrogens (tertiary/aromatic N) is 2. The maximum atomic E-state index is 12.7. The molecule has 2 aromatic carbocycles. The number of amides is 1. The zero-order valence-electron chi connectivity index (χ0n) is 14.3. The van der Waals surface area contributed by atoms with Crippen molar-refractivity contribution in [2.45, 2.75) is 13.5 Å². The number of rotatable bonds is 4. The van der Waals surface area contributed by atoms with Crippen molar-refractivity contribution in [1.29, 1.82) is 5.26 Å². The van der Waals surface area contributed by atoms with Gasteiger partial charge in [0, 0.05) is 6.20 Å². The number of carbonyl (C=O) groups is 1. The Labute approximate surface area is 151 Å². The van der Waals surface area contributed by atoms with E-state index in [1.807, 2.05) is 37.3 Å². The van der Waals surface area contributed by atoms with Crippen LogP contribution in [0.3, 0.4) is 0 Å². The predicted octanol–water partition coefficient (Wildman–Crippen LogP) is 3.33. The largest absolute Gasteiger partial charge is 0.321 e. The van der Waals surface area contributed by atoms with E-state index in [2.05, 4.69) is 5.32 Å². The molecule has 1 amide bonds. The number of benzene rings is 2. The second kappa shape index (κ2) is 7.49. The standard InChI is InChI=1S/C21H17N3O2/c1-15-7-2-3-9-17(15)14-24-12-6-10-18(21(24)26)20(25)23-19-11-5-4-8-16(19)13-22/h2-12H,14H2,1H3,(H,23,25). The smallest absolute Gasteiger partial charge is 0.263 e. The van der Waals surface area contributed by atoms with Crippen molar-refractivity contribution in [1.82, 2.24) is 4.57 Å². The number of nitrogens with one attached hydrogen (secondary N) is 1. The van der Waals surface area contributed by atoms with Crippen molar-refractivity contribution in [3.8, 4) is 6.07 Å². The third kappa shape index (κ3) is 3.55. The average molecular weight is 343 g/mol. The fourth-order valence-electron chi connectivity index (χ4n) is 2.68. The summed E-state index contributed by atoms with van der Waals surface area (Å²) in [5.41, 5.74) is 2.49. The SMILES string of the molecule is Cc1ccccc1Cn1cccc(C(=O)Nc2ccccc2C#N)c1=O. The first-order valence-electron chi connectivity index (χ1n) is 8.14. The van der Waals surface area contributed by atoms with Crippen LogP contribution in [-0.4, -0.2) is 10.5 Å². The van der Waals surface area contributed by atoms with Gasteiger partial charge in [0.25, 0.3) is 11.5 Å². The Morgan fingerprint density at radius 1 is 1.08 bits per heavy atom. The van der Waals surface area contributed by atoms with Gasteiger partial charge in [-0.1, -0.05) is 36.4 Å². The maximum absolute atomic E-state index is 12.7. The minimum Gasteiger partial charge on any atom is -0.321 e. The van der Waals surface area contributed by atoms with Crippen LogP contribution in [0.5, 0.6) is 0 Å². The molecule has 0 saturated heterocycles. The van der Waals surface area contributed by atoms with Gasteiger partial charge in [0.2, 0.25) is 0 Å². The van der Waals surface area contributed by atoms with Crippen molar-refractivity contribution in [2.24, 2.45) is 0 Å². The van der Waals surface area contributed by atoms with E-state index in [-0.39, 0.29) is 11.1 Å². The molecule has 0 bridgehead atoms. The lowest BCUT2D eigenvalue weighted by Crippen LogP contribution is -2.29. The Morgan fingerprint density at radius 3 is 2.58 bits per heavy atom. The second-order valence-corrected chi connectivity index (χ2v) is 5.89. The molecule has 0 atom stereocenters. The van der Waals surface area contributed by atoms with Gasteiger partial charge >= 0.3 is 0 Å². The lowest BCUT2D eigenvalue weighted by atomic mass is 10.1. The van der Waals surface area contributed by atoms with E-state index in [1.54, 1.807) is 36.5 Å². The molecular weight excluding hydrogens is 326 g/mol. The fraction of sp³-hybridized carbons (Fsp3) is 0.0952. The molecule has 3 aromatic rings. The molecule has 26 heavy (non-hydrogen) atoms. The maximum Gasteiger partial charge on any atom is 0.263 e. The molecule has 1 N–H and O–H groups in total. The Bertz CT molecular complexity index is 1060. The first kappa shape index (κ1) is 17.2. The highest BCUT2D eigenvalue weighted by molar-refractivity contribution is 6.04. The van der Waals surface area contributed by atoms with E-state index in [0.29, 0.717) is 17.8 Å². The molecule has 0 aliphatic heterocycles. The van der Waals surface area contributed by atoms with Crippen molar-refractivity contribution in [3.05, 3.63) is 99.5 Å². The summed E-state index contributed by atoms with van der Waals surface area (Å²) in [6.45, 7) is 2.37. The number of carbonyl (C=O) groups excluding carboxylic acids is 1. The van der Waals surface area contributed by atoms with Gasteiger partial charge < -0.3 is 9.88 Å². The lowest BCUT2D eigenvalue weighted by Gasteiger charge is -2.11. The Kier molecular flexibility index (Phi) is 4.95. The average Bonchev–Trinajstić information content (AvgIpc) is 2.65. The van der Waals surface area contributed by atoms with Crippen LogP contribution < -0.4 is 10.9 Å². The van der Waals surface area contributed by atoms with Crippen LogP contribution in [0, 0.1) is 18.3 Å². The summed E-state index contributed by atoms with van der Waals surface area (Å²) in [4.78, 5) is 25.2. The van der Waals surface area contributed by atoms with Gasteiger partial charge in [0.1, 0.15) is 11.6 Å². The van der Waals surface area contributed by atoms with E-state index >= 15 is 0 Å². The molecular formula is C21H17N3O2. The molecule has 1 heterocycles. The zero-order chi connectivity index (χ0) is 18.5. The number of aromatic nitrogens is 1. The zero-order valence-corrected chi connectivity index (χ0v) is 14.3. The number of nitriles is 1. The van der Waals surface area contributed by atoms with Crippen LogP contribution in [0.1, 0.15) is 27.0 Å². The predicted molar refractivity (Wildman–Crippen MR) is 100 cm³/mol. The highest BCUT2D eigenvalue weighted by Crippen LogP contribution is 2.14. The number of anilines is 1. The number of pyridine rings is 1. The van der Waals surface area contributed by atoms with E-state index in [4.69, 9.17) is 5.26 Å². The summed E-state index contributed by atoms with van der Waals surface area (Å²) in [6.07, 6.45) is 1.66. The minimum atomic E-state index is -0.531. The number of hydrogen-bond donors (Lipinski definition) is 1. The van der Waals surface area contributed by atoms with Crippen LogP contribution >= 0.6 is 0 Å². The summed E-state index contributed by atoms with van der Waals surface area (Å²) in [7, 11) is 0. The van der Waals surface area contributed by atoms with Crippen molar-refractivity contribution >= 4 is 11.6 Å². The first-order chi connectivity index (χ1) is 12.6. The summed E-state index contributed by atoms with van der Waals surface area (Å²) in [5, 5.41) is 11.8. The summed E-state index contributed by atoms with van der Waals surface area (Å²) < 4.78 is 1.51. The highest BCUT2D eigenvalue weighted by atomic mass is 16.2. The van der Waals surface area contributed by atoms with Crippen molar-refractivity contribution in [3.63, 3.8) is 0 Å². The molecule has 1 aromatic heterocycles. The third-order valence-corrected chi connectivity index (χ3v) is 4.16. The molecule has 5 heteroatoms. The number of aryl methyl sites for hydroxylation is 1. The first-order valence-corrected chi connectivity index (χ1v) is 8.14. The normalized spacial score (nSPS) is 10.2. The fourth-order valence-corrected chi connectivity index (χ4v) is 2.68. The van der Waals surface area contributed by atoms with Gasteiger partial charge in [-0.15, -0.1) is 0 Å². The number of para-hydroxylation sites is 1. The van der Waals surface area contributed by atoms with Gasteiger partial charge in [-0.2, -0.15) is 5.26 Å². The van der Waals surface area contributed by atoms with Crippen molar-refractivity contribution in [2.75, 3.05) is 5.32 Å². The van der Waals surface area contributed by atoms with E-state index in [1.165, 1.54) is 10.6 Å². The van der Waals surface area contributed by atoms with Gasteiger partial charge in [-0.05, 0) is 42.3 Å². The topological polar surface area (TPSA) is 74.9 Å². The molecule has 128 valence electrons. The van der Waals surface area contributed by atoms with Gasteiger partial charge in [-0.3, -0.25) is 9.59 Å². The quantitative estimate of drug-likeness (QED) is 0.789. The minimum absolute atomic E-state index is 0.0360. The van der Waals surface area contributed by atoms with Crippen LogP contribution in [0.4, 0.5) is 5.69 Å². The highest BCUT2D eigenvalue weighted by Gasteiger charge is 2.14. The van der Waals surface area contributed by atoms with E-state index in [0.717, 1.165) is 11.1 Å². The molecule has 0 saturated carbocycles. The molecule has 0 aliphatic rings. The van der Waals surface area contributed by atoms with Crippen LogP contribution in [0.25, 0.3) is 0 Å². The summed E-state index contributed by atoms with van der Waals surface area (Å²) >= 11 is 0. The monoisotopic (exact) mass is 343 g/mol. The van der Waals surface area contributed by atoms with Gasteiger partial charge in [0.15, 0.2) is 0 Å². The molecule has 5 nitrogen and oxygen atoms in total. The second-order valence-electron chi connectivity index (χ2n) is 5.89. The van der Waals surface area contributed by atoms with Crippen LogP contribution in [0.2, 0.25) is 0 Å². The Hall–Kier alpha value is -3.65. The summed E-state index contributed by atoms with van der Waals surface area (Å²) in [6, 6.07) is 19.7. The molecule has 0 unspecified atom stereocenters. The Morgan fingerprint density at radius 2 is 1.81 bits per heavy atom. The van der Waals surface area contributed by atoms with Crippen LogP contribution in [0.15, 0.2) is 71.7 Å². The van der Waals surface area contributed by atoms with E-state index in [9.17, 15) is 9.59 Å². The molecule has 0 radical (unpaired) electrons. The number of hydrogen-bond acceptors (Lipinski definition) is 3. The lowest BCUT2D eigenvalue weighted by molar-refractivity contribution is 0.102. The molecule has 0 spiro atoms. The molecule has 0 aliphatic carbocycles. The van der Waals surface area contributed by atoms with E-state index < -0.39 is 5.91 Å². The molecule has 3 rings (SSSR count). The molecule has 0 fully saturated rings. The third-order valence-electron chi connectivity index (χ3n) is 4.16. The van der Waals surface area contributed by atoms with Crippen LogP contribution in [-0.2, 0) is 6.54 Å². The Balaban J connectivity index is 1.90.